The van der Waals surface area contributed by atoms with Gasteiger partial charge in [-0.05, 0) is 24.1 Å². The van der Waals surface area contributed by atoms with Gasteiger partial charge in [0.1, 0.15) is 5.69 Å². The number of rotatable bonds is 1. The molecule has 4 heteroatoms. The Hall–Kier alpha value is -2.67. The van der Waals surface area contributed by atoms with Crippen LogP contribution in [0.4, 0.5) is 0 Å². The molecule has 0 fully saturated rings. The van der Waals surface area contributed by atoms with Gasteiger partial charge in [0.15, 0.2) is 5.65 Å². The van der Waals surface area contributed by atoms with Crippen LogP contribution < -0.4 is 0 Å². The highest BCUT2D eigenvalue weighted by Crippen LogP contribution is 2.16. The van der Waals surface area contributed by atoms with Gasteiger partial charge in [0.05, 0.1) is 5.69 Å². The smallest absolute Gasteiger partial charge is 0.156 e. The summed E-state index contributed by atoms with van der Waals surface area (Å²) in [6.45, 7) is 0. The predicted octanol–water partition coefficient (Wildman–Crippen LogP) is 1.77. The molecule has 0 aliphatic heterocycles. The average molecular weight is 220 g/mol. The van der Waals surface area contributed by atoms with Crippen LogP contribution in [0.5, 0.6) is 0 Å². The first kappa shape index (κ1) is 9.55. The fraction of sp³-hybridized carbons (Fsp3) is 0. The molecule has 0 unspecified atom stereocenters. The lowest BCUT2D eigenvalue weighted by molar-refractivity contribution is 0.933. The molecule has 0 aliphatic carbocycles. The van der Waals surface area contributed by atoms with Crippen LogP contribution in [0.15, 0.2) is 42.9 Å². The van der Waals surface area contributed by atoms with Gasteiger partial charge in [-0.15, -0.1) is 6.42 Å². The quantitative estimate of drug-likeness (QED) is 0.587. The summed E-state index contributed by atoms with van der Waals surface area (Å²) in [7, 11) is 0. The number of hydrogen-bond acceptors (Lipinski definition) is 3. The Morgan fingerprint density at radius 3 is 3.00 bits per heavy atom. The topological polar surface area (TPSA) is 43.1 Å². The van der Waals surface area contributed by atoms with Crippen molar-refractivity contribution in [1.29, 1.82) is 0 Å². The maximum atomic E-state index is 5.30. The number of hydrogen-bond donors (Lipinski definition) is 0. The van der Waals surface area contributed by atoms with E-state index in [4.69, 9.17) is 6.42 Å². The highest BCUT2D eigenvalue weighted by molar-refractivity contribution is 5.60. The van der Waals surface area contributed by atoms with Gasteiger partial charge in [-0.3, -0.25) is 4.98 Å². The van der Waals surface area contributed by atoms with Crippen LogP contribution in [0.25, 0.3) is 16.9 Å². The molecule has 0 atom stereocenters. The summed E-state index contributed by atoms with van der Waals surface area (Å²) in [6.07, 6.45) is 10.6. The van der Waals surface area contributed by atoms with Crippen LogP contribution in [0, 0.1) is 12.3 Å². The van der Waals surface area contributed by atoms with Crippen molar-refractivity contribution < 1.29 is 0 Å². The minimum Gasteiger partial charge on any atom is -0.264 e. The zero-order valence-corrected chi connectivity index (χ0v) is 8.91. The van der Waals surface area contributed by atoms with E-state index in [1.807, 2.05) is 24.4 Å². The third-order valence-corrected chi connectivity index (χ3v) is 2.43. The number of terminal acetylenes is 1. The zero-order valence-electron chi connectivity index (χ0n) is 8.91. The molecule has 80 valence electrons. The zero-order chi connectivity index (χ0) is 11.7. The maximum Gasteiger partial charge on any atom is 0.156 e. The van der Waals surface area contributed by atoms with E-state index in [9.17, 15) is 0 Å². The molecule has 0 saturated heterocycles. The van der Waals surface area contributed by atoms with E-state index in [-0.39, 0.29) is 0 Å². The van der Waals surface area contributed by atoms with Crippen LogP contribution in [-0.4, -0.2) is 19.6 Å². The lowest BCUT2D eigenvalue weighted by Gasteiger charge is -1.99. The van der Waals surface area contributed by atoms with Crippen molar-refractivity contribution >= 4 is 5.65 Å². The van der Waals surface area contributed by atoms with Gasteiger partial charge in [0.25, 0.3) is 0 Å². The second-order valence-electron chi connectivity index (χ2n) is 3.53. The summed E-state index contributed by atoms with van der Waals surface area (Å²) in [5.74, 6) is 2.49. The fourth-order valence-corrected chi connectivity index (χ4v) is 1.63. The van der Waals surface area contributed by atoms with Crippen LogP contribution >= 0.6 is 0 Å². The van der Waals surface area contributed by atoms with Crippen LogP contribution in [-0.2, 0) is 0 Å². The van der Waals surface area contributed by atoms with Crippen LogP contribution in [0.1, 0.15) is 5.69 Å². The monoisotopic (exact) mass is 220 g/mol. The summed E-state index contributed by atoms with van der Waals surface area (Å²) in [6, 6.07) is 7.51. The van der Waals surface area contributed by atoms with Gasteiger partial charge in [0.2, 0.25) is 0 Å². The molecular formula is C13H8N4. The van der Waals surface area contributed by atoms with Gasteiger partial charge in [0, 0.05) is 30.2 Å². The Morgan fingerprint density at radius 2 is 2.24 bits per heavy atom. The number of aromatic nitrogens is 4. The van der Waals surface area contributed by atoms with Crippen molar-refractivity contribution in [3.63, 3.8) is 0 Å². The molecular weight excluding hydrogens is 212 g/mol. The molecule has 0 amide bonds. The summed E-state index contributed by atoms with van der Waals surface area (Å²) >= 11 is 0. The first-order chi connectivity index (χ1) is 8.36. The Balaban J connectivity index is 2.17. The fourth-order valence-electron chi connectivity index (χ4n) is 1.63. The van der Waals surface area contributed by atoms with Crippen LogP contribution in [0.3, 0.4) is 0 Å². The number of pyridine rings is 1. The molecule has 0 aromatic carbocycles. The SMILES string of the molecule is C#Cc1cc2nc(-c3cccnc3)ccn2n1. The van der Waals surface area contributed by atoms with E-state index in [0.29, 0.717) is 5.69 Å². The van der Waals surface area contributed by atoms with E-state index >= 15 is 0 Å². The Kier molecular flexibility index (Phi) is 2.09. The van der Waals surface area contributed by atoms with E-state index in [1.165, 1.54) is 0 Å². The van der Waals surface area contributed by atoms with Crippen molar-refractivity contribution in [2.75, 3.05) is 0 Å². The molecule has 4 nitrogen and oxygen atoms in total. The summed E-state index contributed by atoms with van der Waals surface area (Å²) in [4.78, 5) is 8.55. The third kappa shape index (κ3) is 1.64. The van der Waals surface area contributed by atoms with E-state index < -0.39 is 0 Å². The first-order valence-electron chi connectivity index (χ1n) is 5.10. The van der Waals surface area contributed by atoms with Gasteiger partial charge in [-0.25, -0.2) is 9.50 Å². The maximum absolute atomic E-state index is 5.30. The second kappa shape index (κ2) is 3.72. The standard InChI is InChI=1S/C13H8N4/c1-2-11-8-13-15-12(5-7-17(13)16-11)10-4-3-6-14-9-10/h1,3-9H. The van der Waals surface area contributed by atoms with Gasteiger partial charge >= 0.3 is 0 Å². The molecule has 17 heavy (non-hydrogen) atoms. The van der Waals surface area contributed by atoms with Crippen LogP contribution in [0.2, 0.25) is 0 Å². The molecule has 0 bridgehead atoms. The van der Waals surface area contributed by atoms with Crippen molar-refractivity contribution in [2.24, 2.45) is 0 Å². The lowest BCUT2D eigenvalue weighted by Crippen LogP contribution is -1.91. The van der Waals surface area contributed by atoms with Crippen molar-refractivity contribution in [3.8, 4) is 23.6 Å². The highest BCUT2D eigenvalue weighted by atomic mass is 15.2. The highest BCUT2D eigenvalue weighted by Gasteiger charge is 2.03. The minimum atomic E-state index is 0.584. The Bertz CT molecular complexity index is 707. The van der Waals surface area contributed by atoms with Crippen molar-refractivity contribution in [3.05, 3.63) is 48.5 Å². The minimum absolute atomic E-state index is 0.584. The van der Waals surface area contributed by atoms with E-state index in [2.05, 4.69) is 21.0 Å². The van der Waals surface area contributed by atoms with E-state index in [0.717, 1.165) is 16.9 Å². The first-order valence-corrected chi connectivity index (χ1v) is 5.10. The molecule has 0 N–H and O–H groups in total. The second-order valence-corrected chi connectivity index (χ2v) is 3.53. The normalized spacial score (nSPS) is 10.3. The van der Waals surface area contributed by atoms with E-state index in [1.54, 1.807) is 23.0 Å². The molecule has 0 spiro atoms. The van der Waals surface area contributed by atoms with Gasteiger partial charge in [-0.1, -0.05) is 0 Å². The molecule has 3 heterocycles. The largest absolute Gasteiger partial charge is 0.264 e. The molecule has 3 rings (SSSR count). The summed E-state index contributed by atoms with van der Waals surface area (Å²) in [5.41, 5.74) is 3.15. The molecule has 3 aromatic heterocycles. The lowest BCUT2D eigenvalue weighted by atomic mass is 10.2. The molecule has 3 aromatic rings. The molecule has 0 saturated carbocycles. The Labute approximate surface area is 98.0 Å². The third-order valence-electron chi connectivity index (χ3n) is 2.43. The van der Waals surface area contributed by atoms with Gasteiger partial charge in [-0.2, -0.15) is 5.10 Å². The number of fused-ring (bicyclic) bond motifs is 1. The summed E-state index contributed by atoms with van der Waals surface area (Å²) < 4.78 is 1.66. The number of nitrogens with zero attached hydrogens (tertiary/aromatic N) is 4. The van der Waals surface area contributed by atoms with Gasteiger partial charge < -0.3 is 0 Å². The Morgan fingerprint density at radius 1 is 1.29 bits per heavy atom. The molecule has 0 aliphatic rings. The molecule has 0 radical (unpaired) electrons. The predicted molar refractivity (Wildman–Crippen MR) is 64.2 cm³/mol. The van der Waals surface area contributed by atoms with Crippen molar-refractivity contribution in [2.45, 2.75) is 0 Å². The summed E-state index contributed by atoms with van der Waals surface area (Å²) in [5, 5.41) is 4.17. The van der Waals surface area contributed by atoms with Crippen molar-refractivity contribution in [1.82, 2.24) is 19.6 Å². The average Bonchev–Trinajstić information content (AvgIpc) is 2.81.